The van der Waals surface area contributed by atoms with E-state index in [4.69, 9.17) is 16.0 Å². The highest BCUT2D eigenvalue weighted by molar-refractivity contribution is 14.1. The lowest BCUT2D eigenvalue weighted by molar-refractivity contribution is 0.102. The first kappa shape index (κ1) is 17.9. The van der Waals surface area contributed by atoms with Crippen molar-refractivity contribution in [3.63, 3.8) is 0 Å². The molecule has 4 rings (SSSR count). The van der Waals surface area contributed by atoms with Gasteiger partial charge in [0.2, 0.25) is 5.89 Å². The molecule has 1 aromatic heterocycles. The number of carbonyl (C=O) groups excluding carboxylic acids is 1. The molecule has 0 saturated heterocycles. The molecule has 27 heavy (non-hydrogen) atoms. The van der Waals surface area contributed by atoms with Crippen LogP contribution in [0, 0.1) is 9.39 Å². The van der Waals surface area contributed by atoms with Gasteiger partial charge in [-0.2, -0.15) is 0 Å². The summed E-state index contributed by atoms with van der Waals surface area (Å²) in [6.45, 7) is 0. The van der Waals surface area contributed by atoms with Crippen LogP contribution in [0.25, 0.3) is 22.6 Å². The van der Waals surface area contributed by atoms with Crippen LogP contribution in [-0.4, -0.2) is 10.9 Å². The molecule has 0 aliphatic carbocycles. The number of hydrogen-bond acceptors (Lipinski definition) is 3. The summed E-state index contributed by atoms with van der Waals surface area (Å²) in [5.74, 6) is -0.352. The quantitative estimate of drug-likeness (QED) is 0.349. The van der Waals surface area contributed by atoms with Crippen molar-refractivity contribution in [1.82, 2.24) is 4.98 Å². The number of amides is 1. The maximum atomic E-state index is 13.2. The first-order valence-corrected chi connectivity index (χ1v) is 9.38. The topological polar surface area (TPSA) is 55.1 Å². The van der Waals surface area contributed by atoms with E-state index in [0.29, 0.717) is 27.9 Å². The summed E-state index contributed by atoms with van der Waals surface area (Å²) in [6, 6.07) is 16.5. The standard InChI is InChI=1S/C20H11ClFIN2O2/c21-16-9-12(22)4-6-15(16)20-25-17-10-14(5-7-18(17)27-20)24-19(26)11-2-1-3-13(23)8-11/h1-10H,(H,24,26). The Hall–Kier alpha value is -2.45. The second-order valence-electron chi connectivity index (χ2n) is 5.79. The lowest BCUT2D eigenvalue weighted by Crippen LogP contribution is -2.11. The molecule has 0 aliphatic heterocycles. The van der Waals surface area contributed by atoms with E-state index in [2.05, 4.69) is 32.9 Å². The highest BCUT2D eigenvalue weighted by Gasteiger charge is 2.14. The number of benzene rings is 3. The molecule has 0 spiro atoms. The van der Waals surface area contributed by atoms with Gasteiger partial charge in [0.1, 0.15) is 11.3 Å². The summed E-state index contributed by atoms with van der Waals surface area (Å²) in [5.41, 5.74) is 2.76. The highest BCUT2D eigenvalue weighted by atomic mass is 127. The largest absolute Gasteiger partial charge is 0.436 e. The second kappa shape index (κ2) is 7.28. The Morgan fingerprint density at radius 2 is 1.96 bits per heavy atom. The molecule has 3 aromatic carbocycles. The van der Waals surface area contributed by atoms with Crippen LogP contribution in [0.1, 0.15) is 10.4 Å². The first-order valence-electron chi connectivity index (χ1n) is 7.92. The van der Waals surface area contributed by atoms with Gasteiger partial charge in [-0.05, 0) is 77.2 Å². The van der Waals surface area contributed by atoms with Crippen LogP contribution >= 0.6 is 34.2 Å². The van der Waals surface area contributed by atoms with E-state index < -0.39 is 5.82 Å². The van der Waals surface area contributed by atoms with Crippen LogP contribution in [-0.2, 0) is 0 Å². The lowest BCUT2D eigenvalue weighted by atomic mass is 10.2. The molecule has 134 valence electrons. The number of hydrogen-bond donors (Lipinski definition) is 1. The predicted molar refractivity (Wildman–Crippen MR) is 112 cm³/mol. The zero-order chi connectivity index (χ0) is 19.0. The zero-order valence-electron chi connectivity index (χ0n) is 13.7. The molecular formula is C20H11ClFIN2O2. The molecule has 1 N–H and O–H groups in total. The smallest absolute Gasteiger partial charge is 0.255 e. The van der Waals surface area contributed by atoms with Crippen LogP contribution in [0.4, 0.5) is 10.1 Å². The second-order valence-corrected chi connectivity index (χ2v) is 7.44. The summed E-state index contributed by atoms with van der Waals surface area (Å²) >= 11 is 8.23. The average Bonchev–Trinajstić information content (AvgIpc) is 3.04. The number of rotatable bonds is 3. The number of nitrogens with one attached hydrogen (secondary N) is 1. The molecule has 1 heterocycles. The summed E-state index contributed by atoms with van der Waals surface area (Å²) in [4.78, 5) is 16.8. The molecular weight excluding hydrogens is 482 g/mol. The van der Waals surface area contributed by atoms with Gasteiger partial charge in [0.15, 0.2) is 5.58 Å². The molecule has 4 nitrogen and oxygen atoms in total. The van der Waals surface area contributed by atoms with E-state index >= 15 is 0 Å². The van der Waals surface area contributed by atoms with Gasteiger partial charge in [-0.15, -0.1) is 0 Å². The SMILES string of the molecule is O=C(Nc1ccc2oc(-c3ccc(F)cc3Cl)nc2c1)c1cccc(I)c1. The van der Waals surface area contributed by atoms with E-state index in [0.717, 1.165) is 3.57 Å². The third kappa shape index (κ3) is 3.81. The van der Waals surface area contributed by atoms with Crippen LogP contribution < -0.4 is 5.32 Å². The minimum Gasteiger partial charge on any atom is -0.436 e. The van der Waals surface area contributed by atoms with Crippen LogP contribution in [0.3, 0.4) is 0 Å². The van der Waals surface area contributed by atoms with Gasteiger partial charge in [-0.25, -0.2) is 9.37 Å². The summed E-state index contributed by atoms with van der Waals surface area (Å²) < 4.78 is 19.9. The van der Waals surface area contributed by atoms with Crippen molar-refractivity contribution < 1.29 is 13.6 Å². The van der Waals surface area contributed by atoms with Crippen LogP contribution in [0.5, 0.6) is 0 Å². The zero-order valence-corrected chi connectivity index (χ0v) is 16.6. The number of aromatic nitrogens is 1. The van der Waals surface area contributed by atoms with E-state index in [1.807, 2.05) is 12.1 Å². The lowest BCUT2D eigenvalue weighted by Gasteiger charge is -2.05. The Balaban J connectivity index is 1.64. The summed E-state index contributed by atoms with van der Waals surface area (Å²) in [7, 11) is 0. The van der Waals surface area contributed by atoms with Gasteiger partial charge in [-0.1, -0.05) is 17.7 Å². The van der Waals surface area contributed by atoms with E-state index in [1.54, 1.807) is 30.3 Å². The molecule has 0 bridgehead atoms. The van der Waals surface area contributed by atoms with Gasteiger partial charge < -0.3 is 9.73 Å². The Morgan fingerprint density at radius 3 is 2.74 bits per heavy atom. The van der Waals surface area contributed by atoms with Crippen molar-refractivity contribution in [3.05, 3.63) is 80.6 Å². The number of carbonyl (C=O) groups is 1. The number of oxazole rings is 1. The van der Waals surface area contributed by atoms with E-state index in [9.17, 15) is 9.18 Å². The average molecular weight is 493 g/mol. The van der Waals surface area contributed by atoms with E-state index in [1.165, 1.54) is 18.2 Å². The third-order valence-corrected chi connectivity index (χ3v) is 4.88. The number of anilines is 1. The molecule has 1 amide bonds. The highest BCUT2D eigenvalue weighted by Crippen LogP contribution is 2.31. The van der Waals surface area contributed by atoms with Crippen LogP contribution in [0.15, 0.2) is 65.1 Å². The van der Waals surface area contributed by atoms with Crippen molar-refractivity contribution in [2.75, 3.05) is 5.32 Å². The molecule has 0 aliphatic rings. The van der Waals surface area contributed by atoms with E-state index in [-0.39, 0.29) is 16.8 Å². The third-order valence-electron chi connectivity index (χ3n) is 3.89. The fourth-order valence-corrected chi connectivity index (χ4v) is 3.41. The Labute approximate surface area is 172 Å². The molecule has 0 unspecified atom stereocenters. The molecule has 0 fully saturated rings. The van der Waals surface area contributed by atoms with Gasteiger partial charge in [0, 0.05) is 14.8 Å². The number of nitrogens with zero attached hydrogens (tertiary/aromatic N) is 1. The van der Waals surface area contributed by atoms with Gasteiger partial charge in [-0.3, -0.25) is 4.79 Å². The summed E-state index contributed by atoms with van der Waals surface area (Å²) in [5, 5.41) is 3.06. The Morgan fingerprint density at radius 1 is 1.11 bits per heavy atom. The predicted octanol–water partition coefficient (Wildman–Crippen LogP) is 6.14. The monoisotopic (exact) mass is 492 g/mol. The molecule has 7 heteroatoms. The van der Waals surface area contributed by atoms with Gasteiger partial charge in [0.25, 0.3) is 5.91 Å². The fourth-order valence-electron chi connectivity index (χ4n) is 2.62. The minimum absolute atomic E-state index is 0.210. The molecule has 0 radical (unpaired) electrons. The normalized spacial score (nSPS) is 10.9. The van der Waals surface area contributed by atoms with Gasteiger partial charge >= 0.3 is 0 Å². The van der Waals surface area contributed by atoms with Crippen molar-refractivity contribution in [2.24, 2.45) is 0 Å². The first-order chi connectivity index (χ1) is 13.0. The Bertz CT molecular complexity index is 1180. The minimum atomic E-state index is -0.430. The van der Waals surface area contributed by atoms with Crippen molar-refractivity contribution in [2.45, 2.75) is 0 Å². The fraction of sp³-hybridized carbons (Fsp3) is 0. The van der Waals surface area contributed by atoms with Crippen molar-refractivity contribution in [1.29, 1.82) is 0 Å². The van der Waals surface area contributed by atoms with Gasteiger partial charge in [0.05, 0.1) is 10.6 Å². The number of halogens is 3. The van der Waals surface area contributed by atoms with Crippen molar-refractivity contribution in [3.8, 4) is 11.5 Å². The number of fused-ring (bicyclic) bond motifs is 1. The Kier molecular flexibility index (Phi) is 4.84. The maximum absolute atomic E-state index is 13.2. The van der Waals surface area contributed by atoms with Crippen LogP contribution in [0.2, 0.25) is 5.02 Å². The summed E-state index contributed by atoms with van der Waals surface area (Å²) in [6.07, 6.45) is 0. The molecule has 0 atom stereocenters. The van der Waals surface area contributed by atoms with Crippen molar-refractivity contribution >= 4 is 56.9 Å². The molecule has 4 aromatic rings. The maximum Gasteiger partial charge on any atom is 0.255 e. The molecule has 0 saturated carbocycles.